The van der Waals surface area contributed by atoms with Gasteiger partial charge in [0.2, 0.25) is 11.8 Å². The van der Waals surface area contributed by atoms with Crippen LogP contribution in [0.3, 0.4) is 0 Å². The predicted octanol–water partition coefficient (Wildman–Crippen LogP) is 2.25. The molecular weight excluding hydrogens is 372 g/mol. The molecule has 0 fully saturated rings. The minimum absolute atomic E-state index is 0.174. The Bertz CT molecular complexity index is 1140. The molecule has 0 aliphatic carbocycles. The number of carbonyl (C=O) groups excluding carboxylic acids is 2. The molecule has 2 aromatic heterocycles. The van der Waals surface area contributed by atoms with Crippen LogP contribution >= 0.6 is 0 Å². The first kappa shape index (κ1) is 20.2. The molecule has 29 heavy (non-hydrogen) atoms. The molecular formula is C20H24N6O3. The van der Waals surface area contributed by atoms with Gasteiger partial charge in [0, 0.05) is 23.7 Å². The molecule has 0 saturated heterocycles. The lowest BCUT2D eigenvalue weighted by molar-refractivity contribution is -0.117. The Morgan fingerprint density at radius 1 is 1.07 bits per heavy atom. The van der Waals surface area contributed by atoms with E-state index < -0.39 is 0 Å². The minimum Gasteiger partial charge on any atom is -0.326 e. The lowest BCUT2D eigenvalue weighted by Gasteiger charge is -2.20. The number of nitrogens with zero attached hydrogens (tertiary/aromatic N) is 4. The minimum atomic E-state index is -0.384. The molecule has 152 valence electrons. The number of benzene rings is 1. The fraction of sp³-hybridized carbons (Fsp3) is 0.350. The van der Waals surface area contributed by atoms with Gasteiger partial charge in [-0.05, 0) is 52.0 Å². The van der Waals surface area contributed by atoms with Crippen molar-refractivity contribution < 1.29 is 9.59 Å². The monoisotopic (exact) mass is 396 g/mol. The summed E-state index contributed by atoms with van der Waals surface area (Å²) < 4.78 is 2.82. The van der Waals surface area contributed by atoms with Crippen molar-refractivity contribution in [1.29, 1.82) is 0 Å². The Morgan fingerprint density at radius 2 is 1.66 bits per heavy atom. The van der Waals surface area contributed by atoms with Gasteiger partial charge in [0.25, 0.3) is 5.56 Å². The molecule has 2 heterocycles. The lowest BCUT2D eigenvalue weighted by Crippen LogP contribution is -2.33. The molecule has 1 aromatic carbocycles. The first-order valence-electron chi connectivity index (χ1n) is 9.19. The van der Waals surface area contributed by atoms with Crippen LogP contribution < -0.4 is 16.2 Å². The molecule has 0 spiro atoms. The standard InChI is InChI=1S/C20H24N6O3/c1-12-16-10-21-26(20(3,4)5)18(16)19(29)25(24-12)11-17(28)23-15-8-6-14(7-9-15)22-13(2)27/h6-10H,11H2,1-5H3,(H,22,27)(H,23,28). The SMILES string of the molecule is CC(=O)Nc1ccc(NC(=O)Cn2nc(C)c3cnn(C(C)(C)C)c3c2=O)cc1. The summed E-state index contributed by atoms with van der Waals surface area (Å²) in [5.41, 5.74) is 1.48. The van der Waals surface area contributed by atoms with Gasteiger partial charge in [-0.15, -0.1) is 0 Å². The summed E-state index contributed by atoms with van der Waals surface area (Å²) in [7, 11) is 0. The third-order valence-corrected chi connectivity index (χ3v) is 4.28. The van der Waals surface area contributed by atoms with Crippen LogP contribution in [0.5, 0.6) is 0 Å². The first-order valence-corrected chi connectivity index (χ1v) is 9.19. The molecule has 0 aliphatic heterocycles. The van der Waals surface area contributed by atoms with Crippen molar-refractivity contribution in [2.24, 2.45) is 0 Å². The van der Waals surface area contributed by atoms with E-state index in [1.54, 1.807) is 42.1 Å². The Kier molecular flexibility index (Phi) is 5.23. The quantitative estimate of drug-likeness (QED) is 0.703. The zero-order chi connectivity index (χ0) is 21.3. The third kappa shape index (κ3) is 4.34. The van der Waals surface area contributed by atoms with Crippen LogP contribution in [0.1, 0.15) is 33.4 Å². The van der Waals surface area contributed by atoms with Gasteiger partial charge in [-0.25, -0.2) is 4.68 Å². The number of carbonyl (C=O) groups is 2. The zero-order valence-electron chi connectivity index (χ0n) is 17.1. The number of amides is 2. The largest absolute Gasteiger partial charge is 0.326 e. The van der Waals surface area contributed by atoms with E-state index in [1.807, 2.05) is 20.8 Å². The molecule has 0 radical (unpaired) electrons. The highest BCUT2D eigenvalue weighted by Gasteiger charge is 2.22. The van der Waals surface area contributed by atoms with Crippen LogP contribution in [0.2, 0.25) is 0 Å². The van der Waals surface area contributed by atoms with Gasteiger partial charge in [-0.3, -0.25) is 19.1 Å². The maximum atomic E-state index is 13.0. The van der Waals surface area contributed by atoms with Crippen molar-refractivity contribution >= 4 is 34.1 Å². The third-order valence-electron chi connectivity index (χ3n) is 4.28. The molecule has 0 atom stereocenters. The summed E-state index contributed by atoms with van der Waals surface area (Å²) in [5, 5.41) is 14.7. The molecule has 9 heteroatoms. The van der Waals surface area contributed by atoms with E-state index in [9.17, 15) is 14.4 Å². The average Bonchev–Trinajstić information content (AvgIpc) is 3.07. The number of aryl methyl sites for hydroxylation is 1. The van der Waals surface area contributed by atoms with E-state index in [4.69, 9.17) is 0 Å². The molecule has 3 rings (SSSR count). The zero-order valence-corrected chi connectivity index (χ0v) is 17.1. The topological polar surface area (TPSA) is 111 Å². The maximum Gasteiger partial charge on any atom is 0.293 e. The van der Waals surface area contributed by atoms with Gasteiger partial charge in [0.05, 0.1) is 17.4 Å². The highest BCUT2D eigenvalue weighted by Crippen LogP contribution is 2.20. The molecule has 2 amide bonds. The summed E-state index contributed by atoms with van der Waals surface area (Å²) in [6.07, 6.45) is 1.63. The van der Waals surface area contributed by atoms with Crippen LogP contribution in [0, 0.1) is 6.92 Å². The molecule has 0 saturated carbocycles. The van der Waals surface area contributed by atoms with Gasteiger partial charge in [-0.2, -0.15) is 10.2 Å². The molecule has 9 nitrogen and oxygen atoms in total. The van der Waals surface area contributed by atoms with E-state index in [0.717, 1.165) is 4.68 Å². The van der Waals surface area contributed by atoms with E-state index >= 15 is 0 Å². The Labute approximate surface area is 167 Å². The summed E-state index contributed by atoms with van der Waals surface area (Å²) in [6.45, 7) is 8.85. The van der Waals surface area contributed by atoms with Crippen LogP contribution in [-0.4, -0.2) is 31.4 Å². The molecule has 3 aromatic rings. The number of anilines is 2. The first-order chi connectivity index (χ1) is 13.6. The van der Waals surface area contributed by atoms with E-state index in [1.165, 1.54) is 6.92 Å². The van der Waals surface area contributed by atoms with Gasteiger partial charge in [-0.1, -0.05) is 0 Å². The van der Waals surface area contributed by atoms with Crippen molar-refractivity contribution in [1.82, 2.24) is 19.6 Å². The number of hydrogen-bond acceptors (Lipinski definition) is 5. The van der Waals surface area contributed by atoms with Crippen molar-refractivity contribution in [2.45, 2.75) is 46.7 Å². The molecule has 2 N–H and O–H groups in total. The van der Waals surface area contributed by atoms with Crippen LogP contribution in [0.15, 0.2) is 35.3 Å². The summed E-state index contributed by atoms with van der Waals surface area (Å²) >= 11 is 0. The number of nitrogens with one attached hydrogen (secondary N) is 2. The van der Waals surface area contributed by atoms with E-state index in [2.05, 4.69) is 20.8 Å². The molecule has 0 unspecified atom stereocenters. The highest BCUT2D eigenvalue weighted by atomic mass is 16.2. The molecule has 0 aliphatic rings. The summed E-state index contributed by atoms with van der Waals surface area (Å²) in [4.78, 5) is 36.5. The van der Waals surface area contributed by atoms with Gasteiger partial charge in [0.1, 0.15) is 12.1 Å². The Balaban J connectivity index is 1.84. The normalized spacial score (nSPS) is 11.5. The van der Waals surface area contributed by atoms with Crippen LogP contribution in [-0.2, 0) is 21.7 Å². The van der Waals surface area contributed by atoms with E-state index in [-0.39, 0.29) is 29.5 Å². The number of hydrogen-bond donors (Lipinski definition) is 2. The number of rotatable bonds is 4. The van der Waals surface area contributed by atoms with E-state index in [0.29, 0.717) is 28.0 Å². The maximum absolute atomic E-state index is 13.0. The van der Waals surface area contributed by atoms with Crippen LogP contribution in [0.25, 0.3) is 10.9 Å². The van der Waals surface area contributed by atoms with Gasteiger partial charge in [0.15, 0.2) is 0 Å². The second-order valence-electron chi connectivity index (χ2n) is 7.84. The number of fused-ring (bicyclic) bond motifs is 1. The smallest absolute Gasteiger partial charge is 0.293 e. The average molecular weight is 396 g/mol. The fourth-order valence-corrected chi connectivity index (χ4v) is 3.01. The van der Waals surface area contributed by atoms with Crippen molar-refractivity contribution in [3.63, 3.8) is 0 Å². The summed E-state index contributed by atoms with van der Waals surface area (Å²) in [6, 6.07) is 6.70. The number of aromatic nitrogens is 4. The Hall–Kier alpha value is -3.49. The lowest BCUT2D eigenvalue weighted by atomic mass is 10.1. The van der Waals surface area contributed by atoms with Crippen LogP contribution in [0.4, 0.5) is 11.4 Å². The highest BCUT2D eigenvalue weighted by molar-refractivity contribution is 5.92. The summed E-state index contributed by atoms with van der Waals surface area (Å²) in [5.74, 6) is -0.556. The second kappa shape index (κ2) is 7.50. The van der Waals surface area contributed by atoms with Crippen molar-refractivity contribution in [2.75, 3.05) is 10.6 Å². The van der Waals surface area contributed by atoms with Crippen molar-refractivity contribution in [3.05, 3.63) is 46.5 Å². The molecule has 0 bridgehead atoms. The fourth-order valence-electron chi connectivity index (χ4n) is 3.01. The van der Waals surface area contributed by atoms with Crippen molar-refractivity contribution in [3.8, 4) is 0 Å². The predicted molar refractivity (Wildman–Crippen MR) is 111 cm³/mol. The van der Waals surface area contributed by atoms with Gasteiger partial charge < -0.3 is 10.6 Å². The van der Waals surface area contributed by atoms with Gasteiger partial charge >= 0.3 is 0 Å². The Morgan fingerprint density at radius 3 is 2.21 bits per heavy atom. The second-order valence-corrected chi connectivity index (χ2v) is 7.84.